The summed E-state index contributed by atoms with van der Waals surface area (Å²) < 4.78 is 44.2. The summed E-state index contributed by atoms with van der Waals surface area (Å²) in [7, 11) is 0. The van der Waals surface area contributed by atoms with Crippen molar-refractivity contribution in [2.45, 2.75) is 31.4 Å². The number of amides is 1. The van der Waals surface area contributed by atoms with Gasteiger partial charge in [-0.2, -0.15) is 13.2 Å². The van der Waals surface area contributed by atoms with E-state index in [-0.39, 0.29) is 18.4 Å². The van der Waals surface area contributed by atoms with Crippen molar-refractivity contribution in [3.8, 4) is 0 Å². The van der Waals surface area contributed by atoms with Crippen molar-refractivity contribution < 1.29 is 27.5 Å². The van der Waals surface area contributed by atoms with Crippen LogP contribution in [-0.2, 0) is 25.9 Å². The Morgan fingerprint density at radius 2 is 1.92 bits per heavy atom. The Balaban J connectivity index is 2.31. The van der Waals surface area contributed by atoms with E-state index in [0.29, 0.717) is 31.5 Å². The Labute approximate surface area is 148 Å². The molecule has 1 aromatic rings. The largest absolute Gasteiger partial charge is 0.465 e. The van der Waals surface area contributed by atoms with Crippen LogP contribution in [0.15, 0.2) is 24.3 Å². The van der Waals surface area contributed by atoms with Crippen molar-refractivity contribution >= 4 is 23.5 Å². The van der Waals surface area contributed by atoms with Gasteiger partial charge in [-0.1, -0.05) is 18.2 Å². The first-order chi connectivity index (χ1) is 11.7. The van der Waals surface area contributed by atoms with Crippen molar-refractivity contribution in [1.82, 2.24) is 4.90 Å². The van der Waals surface area contributed by atoms with Gasteiger partial charge in [0.1, 0.15) is 12.5 Å². The summed E-state index contributed by atoms with van der Waals surface area (Å²) in [4.78, 5) is 24.5. The lowest BCUT2D eigenvalue weighted by molar-refractivity contribution is -0.145. The number of halogens is 4. The first kappa shape index (κ1) is 19.6. The first-order valence-electron chi connectivity index (χ1n) is 7.83. The minimum absolute atomic E-state index is 0.0213. The number of ether oxygens (including phenoxy) is 1. The summed E-state index contributed by atoms with van der Waals surface area (Å²) >= 11 is 5.56. The van der Waals surface area contributed by atoms with Crippen LogP contribution in [0.3, 0.4) is 0 Å². The van der Waals surface area contributed by atoms with Gasteiger partial charge in [0.25, 0.3) is 0 Å². The Hall–Kier alpha value is -1.76. The molecule has 0 radical (unpaired) electrons. The molecule has 0 atom stereocenters. The number of piperidine rings is 1. The predicted molar refractivity (Wildman–Crippen MR) is 86.3 cm³/mol. The van der Waals surface area contributed by atoms with E-state index in [4.69, 9.17) is 16.3 Å². The van der Waals surface area contributed by atoms with Gasteiger partial charge in [-0.25, -0.2) is 0 Å². The lowest BCUT2D eigenvalue weighted by Gasteiger charge is -2.41. The van der Waals surface area contributed by atoms with Crippen LogP contribution >= 0.6 is 11.6 Å². The first-order valence-corrected chi connectivity index (χ1v) is 8.36. The third kappa shape index (κ3) is 4.66. The number of hydrogen-bond donors (Lipinski definition) is 0. The SMILES string of the molecule is CC(=O)OCC1(c2cccc(C(F)(F)F)c2)CCN(C(=O)CCl)CC1. The smallest absolute Gasteiger partial charge is 0.416 e. The number of nitrogens with zero attached hydrogens (tertiary/aromatic N) is 1. The monoisotopic (exact) mass is 377 g/mol. The molecule has 4 nitrogen and oxygen atoms in total. The van der Waals surface area contributed by atoms with Crippen LogP contribution < -0.4 is 0 Å². The number of carbonyl (C=O) groups excluding carboxylic acids is 2. The highest BCUT2D eigenvalue weighted by Gasteiger charge is 2.40. The number of carbonyl (C=O) groups is 2. The van der Waals surface area contributed by atoms with Crippen LogP contribution in [0.25, 0.3) is 0 Å². The molecule has 1 saturated heterocycles. The van der Waals surface area contributed by atoms with Gasteiger partial charge in [0, 0.05) is 25.4 Å². The molecule has 2 rings (SSSR count). The number of esters is 1. The second-order valence-electron chi connectivity index (χ2n) is 6.15. The molecule has 1 aromatic carbocycles. The summed E-state index contributed by atoms with van der Waals surface area (Å²) in [6.07, 6.45) is -3.66. The van der Waals surface area contributed by atoms with Crippen molar-refractivity contribution in [2.24, 2.45) is 0 Å². The predicted octanol–water partition coefficient (Wildman–Crippen LogP) is 3.37. The van der Waals surface area contributed by atoms with Crippen molar-refractivity contribution in [2.75, 3.05) is 25.6 Å². The molecule has 0 bridgehead atoms. The van der Waals surface area contributed by atoms with Crippen LogP contribution in [0.5, 0.6) is 0 Å². The van der Waals surface area contributed by atoms with Gasteiger partial charge in [-0.05, 0) is 24.5 Å². The molecule has 1 fully saturated rings. The quantitative estimate of drug-likeness (QED) is 0.597. The molecule has 0 saturated carbocycles. The average molecular weight is 378 g/mol. The maximum absolute atomic E-state index is 13.0. The van der Waals surface area contributed by atoms with E-state index in [1.54, 1.807) is 11.0 Å². The fourth-order valence-electron chi connectivity index (χ4n) is 3.05. The number of benzene rings is 1. The molecule has 0 N–H and O–H groups in total. The van der Waals surface area contributed by atoms with Crippen LogP contribution in [0, 0.1) is 0 Å². The zero-order chi connectivity index (χ0) is 18.7. The fraction of sp³-hybridized carbons (Fsp3) is 0.529. The van der Waals surface area contributed by atoms with Gasteiger partial charge in [0.2, 0.25) is 5.91 Å². The molecular formula is C17H19ClF3NO3. The molecule has 1 amide bonds. The lowest BCUT2D eigenvalue weighted by atomic mass is 9.73. The molecule has 0 unspecified atom stereocenters. The van der Waals surface area contributed by atoms with Gasteiger partial charge in [-0.3, -0.25) is 9.59 Å². The minimum Gasteiger partial charge on any atom is -0.465 e. The van der Waals surface area contributed by atoms with E-state index in [1.165, 1.54) is 13.0 Å². The maximum Gasteiger partial charge on any atom is 0.416 e. The van der Waals surface area contributed by atoms with Crippen molar-refractivity contribution in [1.29, 1.82) is 0 Å². The third-order valence-corrected chi connectivity index (χ3v) is 4.77. The van der Waals surface area contributed by atoms with Crippen LogP contribution in [0.2, 0.25) is 0 Å². The second-order valence-corrected chi connectivity index (χ2v) is 6.42. The highest BCUT2D eigenvalue weighted by molar-refractivity contribution is 6.27. The summed E-state index contributed by atoms with van der Waals surface area (Å²) in [6.45, 7) is 1.94. The lowest BCUT2D eigenvalue weighted by Crippen LogP contribution is -2.48. The number of rotatable bonds is 4. The summed E-state index contributed by atoms with van der Waals surface area (Å²) in [5, 5.41) is 0. The Kier molecular flexibility index (Phi) is 5.98. The van der Waals surface area contributed by atoms with E-state index in [9.17, 15) is 22.8 Å². The molecule has 0 spiro atoms. The Bertz CT molecular complexity index is 640. The number of likely N-dealkylation sites (tertiary alicyclic amines) is 1. The topological polar surface area (TPSA) is 46.6 Å². The fourth-order valence-corrected chi connectivity index (χ4v) is 3.22. The molecule has 138 valence electrons. The Morgan fingerprint density at radius 3 is 2.44 bits per heavy atom. The van der Waals surface area contributed by atoms with Gasteiger partial charge in [-0.15, -0.1) is 11.6 Å². The molecule has 1 aliphatic heterocycles. The zero-order valence-corrected chi connectivity index (χ0v) is 14.5. The average Bonchev–Trinajstić information content (AvgIpc) is 2.59. The maximum atomic E-state index is 13.0. The number of hydrogen-bond acceptors (Lipinski definition) is 3. The normalized spacial score (nSPS) is 17.2. The van der Waals surface area contributed by atoms with Gasteiger partial charge < -0.3 is 9.64 Å². The number of alkyl halides is 4. The summed E-state index contributed by atoms with van der Waals surface area (Å²) in [6, 6.07) is 5.07. The van der Waals surface area contributed by atoms with Crippen molar-refractivity contribution in [3.05, 3.63) is 35.4 Å². The van der Waals surface area contributed by atoms with E-state index < -0.39 is 23.1 Å². The third-order valence-electron chi connectivity index (χ3n) is 4.54. The highest BCUT2D eigenvalue weighted by atomic mass is 35.5. The molecule has 1 aliphatic rings. The molecule has 8 heteroatoms. The molecule has 25 heavy (non-hydrogen) atoms. The van der Waals surface area contributed by atoms with Crippen LogP contribution in [0.4, 0.5) is 13.2 Å². The van der Waals surface area contributed by atoms with E-state index >= 15 is 0 Å². The Morgan fingerprint density at radius 1 is 1.28 bits per heavy atom. The van der Waals surface area contributed by atoms with Crippen molar-refractivity contribution in [3.63, 3.8) is 0 Å². The summed E-state index contributed by atoms with van der Waals surface area (Å²) in [5.41, 5.74) is -1.04. The van der Waals surface area contributed by atoms with Crippen LogP contribution in [-0.4, -0.2) is 42.4 Å². The van der Waals surface area contributed by atoms with Crippen LogP contribution in [0.1, 0.15) is 30.9 Å². The van der Waals surface area contributed by atoms with E-state index in [0.717, 1.165) is 12.1 Å². The molecule has 0 aromatic heterocycles. The standard InChI is InChI=1S/C17H19ClF3NO3/c1-12(23)25-11-16(5-7-22(8-6-16)15(24)10-18)13-3-2-4-14(9-13)17(19,20)21/h2-4,9H,5-8,10-11H2,1H3. The van der Waals surface area contributed by atoms with Gasteiger partial charge >= 0.3 is 12.1 Å². The van der Waals surface area contributed by atoms with E-state index in [1.807, 2.05) is 0 Å². The highest BCUT2D eigenvalue weighted by Crippen LogP contribution is 2.39. The second kappa shape index (κ2) is 7.64. The van der Waals surface area contributed by atoms with Gasteiger partial charge in [0.05, 0.1) is 5.56 Å². The van der Waals surface area contributed by atoms with E-state index in [2.05, 4.69) is 0 Å². The summed E-state index contributed by atoms with van der Waals surface area (Å²) in [5.74, 6) is -0.849. The molecule has 1 heterocycles. The molecule has 0 aliphatic carbocycles. The zero-order valence-electron chi connectivity index (χ0n) is 13.7. The molecular weight excluding hydrogens is 359 g/mol. The minimum atomic E-state index is -4.45. The van der Waals surface area contributed by atoms with Gasteiger partial charge in [0.15, 0.2) is 0 Å².